The Kier molecular flexibility index (Phi) is 3.33. The maximum atomic E-state index is 10.5. The number of aldehydes is 1. The fraction of sp³-hybridized carbons (Fsp3) is 0.462. The molecule has 0 saturated carbocycles. The molecule has 2 atom stereocenters. The lowest BCUT2D eigenvalue weighted by Gasteiger charge is -2.11. The van der Waals surface area contributed by atoms with E-state index in [4.69, 9.17) is 4.74 Å². The topological polar surface area (TPSA) is 26.3 Å². The molecule has 0 fully saturated rings. The van der Waals surface area contributed by atoms with Gasteiger partial charge in [0.1, 0.15) is 18.1 Å². The van der Waals surface area contributed by atoms with Crippen LogP contribution < -0.4 is 4.74 Å². The van der Waals surface area contributed by atoms with Gasteiger partial charge in [-0.2, -0.15) is 0 Å². The van der Waals surface area contributed by atoms with E-state index in [1.54, 1.807) is 0 Å². The minimum absolute atomic E-state index is 0.253. The summed E-state index contributed by atoms with van der Waals surface area (Å²) in [7, 11) is 0. The molecule has 1 heterocycles. The summed E-state index contributed by atoms with van der Waals surface area (Å²) in [4.78, 5) is 10.5. The van der Waals surface area contributed by atoms with Crippen LogP contribution in [0.1, 0.15) is 37.3 Å². The van der Waals surface area contributed by atoms with Crippen molar-refractivity contribution in [2.45, 2.75) is 38.7 Å². The van der Waals surface area contributed by atoms with E-state index in [2.05, 4.69) is 41.9 Å². The van der Waals surface area contributed by atoms with Crippen LogP contribution in [-0.4, -0.2) is 12.4 Å². The maximum absolute atomic E-state index is 10.5. The van der Waals surface area contributed by atoms with E-state index in [0.29, 0.717) is 6.42 Å². The molecule has 1 aromatic rings. The van der Waals surface area contributed by atoms with Crippen molar-refractivity contribution in [1.82, 2.24) is 0 Å². The van der Waals surface area contributed by atoms with Crippen molar-refractivity contribution >= 4 is 22.2 Å². The Labute approximate surface area is 104 Å². The summed E-state index contributed by atoms with van der Waals surface area (Å²) in [6, 6.07) is 4.22. The molecule has 2 nitrogen and oxygen atoms in total. The monoisotopic (exact) mass is 282 g/mol. The second-order valence-electron chi connectivity index (χ2n) is 4.43. The number of carbonyl (C=O) groups is 1. The van der Waals surface area contributed by atoms with Gasteiger partial charge in [0.15, 0.2) is 0 Å². The molecule has 0 N–H and O–H groups in total. The SMILES string of the molecule is CC1Cc2cc(C(C)CC=O)cc(Br)c2O1. The van der Waals surface area contributed by atoms with Gasteiger partial charge in [0.2, 0.25) is 0 Å². The van der Waals surface area contributed by atoms with Crippen LogP contribution in [0.15, 0.2) is 16.6 Å². The molecular weight excluding hydrogens is 268 g/mol. The summed E-state index contributed by atoms with van der Waals surface area (Å²) >= 11 is 3.53. The number of ether oxygens (including phenoxy) is 1. The zero-order valence-corrected chi connectivity index (χ0v) is 11.1. The van der Waals surface area contributed by atoms with Crippen LogP contribution in [0.2, 0.25) is 0 Å². The Balaban J connectivity index is 2.34. The molecule has 0 aliphatic carbocycles. The van der Waals surface area contributed by atoms with Crippen molar-refractivity contribution in [1.29, 1.82) is 0 Å². The number of fused-ring (bicyclic) bond motifs is 1. The van der Waals surface area contributed by atoms with Crippen LogP contribution in [0.5, 0.6) is 5.75 Å². The minimum Gasteiger partial charge on any atom is -0.489 e. The highest BCUT2D eigenvalue weighted by Crippen LogP contribution is 2.38. The smallest absolute Gasteiger partial charge is 0.137 e. The van der Waals surface area contributed by atoms with E-state index in [1.807, 2.05) is 0 Å². The van der Waals surface area contributed by atoms with Gasteiger partial charge >= 0.3 is 0 Å². The first-order valence-corrected chi connectivity index (χ1v) is 6.33. The van der Waals surface area contributed by atoms with Crippen molar-refractivity contribution in [3.8, 4) is 5.75 Å². The summed E-state index contributed by atoms with van der Waals surface area (Å²) in [5, 5.41) is 0. The fourth-order valence-electron chi connectivity index (χ4n) is 2.07. The third-order valence-electron chi connectivity index (χ3n) is 2.99. The van der Waals surface area contributed by atoms with E-state index >= 15 is 0 Å². The lowest BCUT2D eigenvalue weighted by Crippen LogP contribution is -2.05. The van der Waals surface area contributed by atoms with E-state index < -0.39 is 0 Å². The Morgan fingerprint density at radius 1 is 1.62 bits per heavy atom. The second-order valence-corrected chi connectivity index (χ2v) is 5.28. The first kappa shape index (κ1) is 11.6. The molecule has 1 aliphatic rings. The average Bonchev–Trinajstić information content (AvgIpc) is 2.59. The Morgan fingerprint density at radius 2 is 2.38 bits per heavy atom. The van der Waals surface area contributed by atoms with Crippen LogP contribution in [0.25, 0.3) is 0 Å². The van der Waals surface area contributed by atoms with Crippen LogP contribution in [0.3, 0.4) is 0 Å². The largest absolute Gasteiger partial charge is 0.489 e. The normalized spacial score (nSPS) is 20.1. The molecule has 0 bridgehead atoms. The van der Waals surface area contributed by atoms with Crippen LogP contribution >= 0.6 is 15.9 Å². The minimum atomic E-state index is 0.253. The molecular formula is C13H15BrO2. The van der Waals surface area contributed by atoms with Gasteiger partial charge in [-0.1, -0.05) is 13.0 Å². The summed E-state index contributed by atoms with van der Waals surface area (Å²) in [6.45, 7) is 4.14. The van der Waals surface area contributed by atoms with Crippen molar-refractivity contribution in [3.63, 3.8) is 0 Å². The molecule has 3 heteroatoms. The van der Waals surface area contributed by atoms with Crippen molar-refractivity contribution in [3.05, 3.63) is 27.7 Å². The highest BCUT2D eigenvalue weighted by molar-refractivity contribution is 9.10. The van der Waals surface area contributed by atoms with Gasteiger partial charge in [0.25, 0.3) is 0 Å². The highest BCUT2D eigenvalue weighted by Gasteiger charge is 2.23. The predicted molar refractivity (Wildman–Crippen MR) is 67.0 cm³/mol. The maximum Gasteiger partial charge on any atom is 0.137 e. The van der Waals surface area contributed by atoms with Gasteiger partial charge in [-0.15, -0.1) is 0 Å². The molecule has 2 unspecified atom stereocenters. The standard InChI is InChI=1S/C13H15BrO2/c1-8(3-4-15)10-6-11-5-9(2)16-13(11)12(14)7-10/h4,6-9H,3,5H2,1-2H3. The number of carbonyl (C=O) groups excluding carboxylic acids is 1. The van der Waals surface area contributed by atoms with Crippen LogP contribution in [-0.2, 0) is 11.2 Å². The quantitative estimate of drug-likeness (QED) is 0.794. The molecule has 16 heavy (non-hydrogen) atoms. The molecule has 1 aromatic carbocycles. The van der Waals surface area contributed by atoms with E-state index in [9.17, 15) is 4.79 Å². The first-order chi connectivity index (χ1) is 7.61. The molecule has 0 saturated heterocycles. The van der Waals surface area contributed by atoms with E-state index in [-0.39, 0.29) is 12.0 Å². The summed E-state index contributed by atoms with van der Waals surface area (Å²) < 4.78 is 6.72. The predicted octanol–water partition coefficient (Wildman–Crippen LogP) is 3.47. The number of benzene rings is 1. The third kappa shape index (κ3) is 2.14. The summed E-state index contributed by atoms with van der Waals surface area (Å²) in [6.07, 6.45) is 2.75. The van der Waals surface area contributed by atoms with Gasteiger partial charge < -0.3 is 9.53 Å². The van der Waals surface area contributed by atoms with Gasteiger partial charge in [-0.25, -0.2) is 0 Å². The van der Waals surface area contributed by atoms with Crippen molar-refractivity contribution in [2.24, 2.45) is 0 Å². The number of hydrogen-bond acceptors (Lipinski definition) is 2. The van der Waals surface area contributed by atoms with Gasteiger partial charge in [-0.05, 0) is 46.0 Å². The third-order valence-corrected chi connectivity index (χ3v) is 3.58. The van der Waals surface area contributed by atoms with Crippen molar-refractivity contribution < 1.29 is 9.53 Å². The molecule has 1 aliphatic heterocycles. The number of hydrogen-bond donors (Lipinski definition) is 0. The zero-order chi connectivity index (χ0) is 11.7. The van der Waals surface area contributed by atoms with Gasteiger partial charge in [0, 0.05) is 12.8 Å². The van der Waals surface area contributed by atoms with E-state index in [0.717, 1.165) is 22.9 Å². The van der Waals surface area contributed by atoms with Crippen LogP contribution in [0, 0.1) is 0 Å². The summed E-state index contributed by atoms with van der Waals surface area (Å²) in [5.74, 6) is 1.24. The van der Waals surface area contributed by atoms with Crippen molar-refractivity contribution in [2.75, 3.05) is 0 Å². The molecule has 86 valence electrons. The van der Waals surface area contributed by atoms with E-state index in [1.165, 1.54) is 11.1 Å². The molecule has 2 rings (SSSR count). The molecule has 0 aromatic heterocycles. The number of halogens is 1. The Hall–Kier alpha value is -0.830. The van der Waals surface area contributed by atoms with Gasteiger partial charge in [-0.3, -0.25) is 0 Å². The highest BCUT2D eigenvalue weighted by atomic mass is 79.9. The Morgan fingerprint density at radius 3 is 3.06 bits per heavy atom. The molecule has 0 spiro atoms. The first-order valence-electron chi connectivity index (χ1n) is 5.54. The lowest BCUT2D eigenvalue weighted by molar-refractivity contribution is -0.108. The van der Waals surface area contributed by atoms with Gasteiger partial charge in [0.05, 0.1) is 4.47 Å². The van der Waals surface area contributed by atoms with Crippen LogP contribution in [0.4, 0.5) is 0 Å². The fourth-order valence-corrected chi connectivity index (χ4v) is 2.69. The number of rotatable bonds is 3. The summed E-state index contributed by atoms with van der Waals surface area (Å²) in [5.41, 5.74) is 2.45. The Bertz CT molecular complexity index is 415. The average molecular weight is 283 g/mol. The lowest BCUT2D eigenvalue weighted by atomic mass is 9.95. The molecule has 0 radical (unpaired) electrons. The second kappa shape index (κ2) is 4.58. The molecule has 0 amide bonds. The zero-order valence-electron chi connectivity index (χ0n) is 9.50.